The summed E-state index contributed by atoms with van der Waals surface area (Å²) in [6.07, 6.45) is 1.71. The van der Waals surface area contributed by atoms with E-state index in [9.17, 15) is 4.79 Å². The first-order valence-corrected chi connectivity index (χ1v) is 5.22. The highest BCUT2D eigenvalue weighted by Gasteiger charge is 2.26. The molecule has 1 N–H and O–H groups in total. The minimum Gasteiger partial charge on any atom is -0.341 e. The molecule has 1 aliphatic rings. The first-order valence-electron chi connectivity index (χ1n) is 4.30. The highest BCUT2D eigenvalue weighted by molar-refractivity contribution is 9.09. The fourth-order valence-corrected chi connectivity index (χ4v) is 2.01. The molecule has 0 saturated carbocycles. The van der Waals surface area contributed by atoms with Crippen LogP contribution in [0.5, 0.6) is 0 Å². The first kappa shape index (κ1) is 9.99. The lowest BCUT2D eigenvalue weighted by molar-refractivity contribution is -0.127. The molecule has 1 atom stereocenters. The Labute approximate surface area is 81.6 Å². The van der Waals surface area contributed by atoms with Crippen LogP contribution in [0.3, 0.4) is 0 Å². The molecule has 0 aromatic rings. The van der Waals surface area contributed by atoms with Gasteiger partial charge in [0.05, 0.1) is 0 Å². The number of rotatable bonds is 4. The molecule has 70 valence electrons. The summed E-state index contributed by atoms with van der Waals surface area (Å²) in [5.74, 6) is 0.285. The van der Waals surface area contributed by atoms with Crippen LogP contribution in [0.2, 0.25) is 0 Å². The van der Waals surface area contributed by atoms with Crippen LogP contribution in [0.15, 0.2) is 0 Å². The van der Waals surface area contributed by atoms with E-state index in [0.29, 0.717) is 11.2 Å². The van der Waals surface area contributed by atoms with E-state index in [1.54, 1.807) is 0 Å². The second-order valence-corrected chi connectivity index (χ2v) is 4.39. The maximum Gasteiger partial charge on any atom is 0.223 e. The molecule has 1 fully saturated rings. The largest absolute Gasteiger partial charge is 0.341 e. The second kappa shape index (κ2) is 4.82. The van der Waals surface area contributed by atoms with Crippen molar-refractivity contribution >= 4 is 21.8 Å². The van der Waals surface area contributed by atoms with Gasteiger partial charge in [-0.3, -0.25) is 4.79 Å². The highest BCUT2D eigenvalue weighted by Crippen LogP contribution is 2.17. The van der Waals surface area contributed by atoms with Crippen molar-refractivity contribution in [2.45, 2.75) is 17.7 Å². The molecule has 3 nitrogen and oxygen atoms in total. The molecule has 1 rings (SSSR count). The normalized spacial score (nSPS) is 23.7. The average Bonchev–Trinajstić information content (AvgIpc) is 2.31. The van der Waals surface area contributed by atoms with Gasteiger partial charge in [-0.2, -0.15) is 0 Å². The summed E-state index contributed by atoms with van der Waals surface area (Å²) in [4.78, 5) is 13.6. The molecular formula is C8H15BrN2O. The minimum atomic E-state index is 0.285. The van der Waals surface area contributed by atoms with Crippen molar-refractivity contribution in [2.24, 2.45) is 0 Å². The molecule has 1 saturated heterocycles. The zero-order valence-corrected chi connectivity index (χ0v) is 8.93. The van der Waals surface area contributed by atoms with Crippen molar-refractivity contribution in [3.63, 3.8) is 0 Å². The van der Waals surface area contributed by atoms with Gasteiger partial charge < -0.3 is 10.2 Å². The summed E-state index contributed by atoms with van der Waals surface area (Å²) < 4.78 is 0. The van der Waals surface area contributed by atoms with Crippen LogP contribution in [0.1, 0.15) is 12.8 Å². The summed E-state index contributed by atoms with van der Waals surface area (Å²) in [6.45, 7) is 2.75. The number of likely N-dealkylation sites (tertiary alicyclic amines) is 1. The Kier molecular flexibility index (Phi) is 4.01. The van der Waals surface area contributed by atoms with E-state index in [1.165, 1.54) is 0 Å². The monoisotopic (exact) mass is 234 g/mol. The molecule has 1 unspecified atom stereocenters. The molecule has 0 radical (unpaired) electrons. The Balaban J connectivity index is 2.19. The molecule has 1 aliphatic heterocycles. The van der Waals surface area contributed by atoms with Crippen molar-refractivity contribution in [2.75, 3.05) is 26.7 Å². The van der Waals surface area contributed by atoms with E-state index in [1.807, 2.05) is 11.9 Å². The average molecular weight is 235 g/mol. The molecular weight excluding hydrogens is 220 g/mol. The van der Waals surface area contributed by atoms with Gasteiger partial charge in [0.15, 0.2) is 0 Å². The van der Waals surface area contributed by atoms with Crippen LogP contribution in [-0.4, -0.2) is 42.3 Å². The quantitative estimate of drug-likeness (QED) is 0.571. The Hall–Kier alpha value is -0.0900. The number of alkyl halides is 1. The van der Waals surface area contributed by atoms with Crippen molar-refractivity contribution in [3.05, 3.63) is 0 Å². The second-order valence-electron chi connectivity index (χ2n) is 3.10. The number of halogens is 1. The molecule has 0 aromatic carbocycles. The zero-order valence-electron chi connectivity index (χ0n) is 7.35. The van der Waals surface area contributed by atoms with Crippen LogP contribution >= 0.6 is 15.9 Å². The molecule has 1 amide bonds. The summed E-state index contributed by atoms with van der Waals surface area (Å²) in [6, 6.07) is 0. The third-order valence-corrected chi connectivity index (χ3v) is 2.64. The highest BCUT2D eigenvalue weighted by atomic mass is 79.9. The van der Waals surface area contributed by atoms with Crippen LogP contribution in [0.25, 0.3) is 0 Å². The van der Waals surface area contributed by atoms with Gasteiger partial charge in [0, 0.05) is 24.3 Å². The molecule has 1 heterocycles. The summed E-state index contributed by atoms with van der Waals surface area (Å²) in [5.41, 5.74) is 0. The van der Waals surface area contributed by atoms with E-state index < -0.39 is 0 Å². The van der Waals surface area contributed by atoms with Gasteiger partial charge in [-0.25, -0.2) is 0 Å². The van der Waals surface area contributed by atoms with Gasteiger partial charge in [-0.1, -0.05) is 15.9 Å². The summed E-state index contributed by atoms with van der Waals surface area (Å²) in [5, 5.41) is 3.07. The number of hydrogen-bond donors (Lipinski definition) is 1. The fourth-order valence-electron chi connectivity index (χ4n) is 1.39. The van der Waals surface area contributed by atoms with Gasteiger partial charge in [0.25, 0.3) is 0 Å². The van der Waals surface area contributed by atoms with Crippen molar-refractivity contribution in [1.29, 1.82) is 0 Å². The SMILES string of the molecule is CNCCCN1CC(Br)CC1=O. The van der Waals surface area contributed by atoms with Crippen LogP contribution < -0.4 is 5.32 Å². The van der Waals surface area contributed by atoms with Gasteiger partial charge in [-0.05, 0) is 20.0 Å². The van der Waals surface area contributed by atoms with Crippen LogP contribution in [0, 0.1) is 0 Å². The number of hydrogen-bond acceptors (Lipinski definition) is 2. The Morgan fingerprint density at radius 2 is 2.50 bits per heavy atom. The molecule has 0 spiro atoms. The predicted octanol–water partition coefficient (Wildman–Crippen LogP) is 0.592. The van der Waals surface area contributed by atoms with Crippen LogP contribution in [-0.2, 0) is 4.79 Å². The van der Waals surface area contributed by atoms with Crippen molar-refractivity contribution in [3.8, 4) is 0 Å². The number of carbonyl (C=O) groups excluding carboxylic acids is 1. The Morgan fingerprint density at radius 1 is 1.75 bits per heavy atom. The smallest absolute Gasteiger partial charge is 0.223 e. The van der Waals surface area contributed by atoms with E-state index in [0.717, 1.165) is 26.1 Å². The third-order valence-electron chi connectivity index (χ3n) is 2.02. The summed E-state index contributed by atoms with van der Waals surface area (Å²) >= 11 is 3.45. The van der Waals surface area contributed by atoms with E-state index in [4.69, 9.17) is 0 Å². The summed E-state index contributed by atoms with van der Waals surface area (Å²) in [7, 11) is 1.93. The van der Waals surface area contributed by atoms with Crippen molar-refractivity contribution < 1.29 is 4.79 Å². The lowest BCUT2D eigenvalue weighted by Gasteiger charge is -2.14. The van der Waals surface area contributed by atoms with E-state index >= 15 is 0 Å². The van der Waals surface area contributed by atoms with Gasteiger partial charge >= 0.3 is 0 Å². The van der Waals surface area contributed by atoms with Gasteiger partial charge in [0.2, 0.25) is 5.91 Å². The van der Waals surface area contributed by atoms with Crippen LogP contribution in [0.4, 0.5) is 0 Å². The standard InChI is InChI=1S/C8H15BrN2O/c1-10-3-2-4-11-6-7(9)5-8(11)12/h7,10H,2-6H2,1H3. The Morgan fingerprint density at radius 3 is 3.00 bits per heavy atom. The lowest BCUT2D eigenvalue weighted by atomic mass is 10.4. The van der Waals surface area contributed by atoms with Gasteiger partial charge in [-0.15, -0.1) is 0 Å². The van der Waals surface area contributed by atoms with Gasteiger partial charge in [0.1, 0.15) is 0 Å². The molecule has 0 bridgehead atoms. The molecule has 4 heteroatoms. The van der Waals surface area contributed by atoms with Crippen molar-refractivity contribution in [1.82, 2.24) is 10.2 Å². The van der Waals surface area contributed by atoms with E-state index in [2.05, 4.69) is 21.2 Å². The number of carbonyl (C=O) groups is 1. The maximum atomic E-state index is 11.3. The number of amides is 1. The lowest BCUT2D eigenvalue weighted by Crippen LogP contribution is -2.28. The molecule has 0 aromatic heterocycles. The van der Waals surface area contributed by atoms with E-state index in [-0.39, 0.29) is 5.91 Å². The Bertz CT molecular complexity index is 163. The minimum absolute atomic E-state index is 0.285. The zero-order chi connectivity index (χ0) is 8.97. The molecule has 12 heavy (non-hydrogen) atoms. The third kappa shape index (κ3) is 2.75. The maximum absolute atomic E-state index is 11.3. The topological polar surface area (TPSA) is 32.3 Å². The number of nitrogens with one attached hydrogen (secondary N) is 1. The number of nitrogens with zero attached hydrogens (tertiary/aromatic N) is 1. The fraction of sp³-hybridized carbons (Fsp3) is 0.875. The molecule has 0 aliphatic carbocycles. The first-order chi connectivity index (χ1) is 5.74. The predicted molar refractivity (Wildman–Crippen MR) is 52.5 cm³/mol.